The van der Waals surface area contributed by atoms with Crippen LogP contribution >= 0.6 is 0 Å². The van der Waals surface area contributed by atoms with Crippen LogP contribution in [0.2, 0.25) is 0 Å². The van der Waals surface area contributed by atoms with Gasteiger partial charge in [-0.25, -0.2) is 9.48 Å². The van der Waals surface area contributed by atoms with Crippen molar-refractivity contribution >= 4 is 45.7 Å². The average molecular weight is 947 g/mol. The van der Waals surface area contributed by atoms with Crippen molar-refractivity contribution in [2.24, 2.45) is 10.8 Å². The number of amides is 3. The van der Waals surface area contributed by atoms with Gasteiger partial charge in [0, 0.05) is 68.9 Å². The Balaban J connectivity index is 0.880. The van der Waals surface area contributed by atoms with Gasteiger partial charge in [-0.1, -0.05) is 63.8 Å². The van der Waals surface area contributed by atoms with Gasteiger partial charge in [0.1, 0.15) is 6.04 Å². The van der Waals surface area contributed by atoms with Crippen molar-refractivity contribution in [3.05, 3.63) is 75.7 Å². The van der Waals surface area contributed by atoms with Crippen LogP contribution in [0.5, 0.6) is 0 Å². The SMILES string of the molecule is CCCCC1(C(=O)OCn2cc3cc(C[C@@H](NC(=O)N4CCC(c5cc6ccccc6n(COC(=O)C6(CCCC)CC6)c5=O)CC4)C(=O)N4CCN(C5CCN(C)CC5)CC4)cc(C)c3n2)CC1. The number of hydrogen-bond acceptors (Lipinski definition) is 10. The van der Waals surface area contributed by atoms with Gasteiger partial charge >= 0.3 is 18.0 Å². The van der Waals surface area contributed by atoms with E-state index in [2.05, 4.69) is 36.0 Å². The summed E-state index contributed by atoms with van der Waals surface area (Å²) in [7, 11) is 2.17. The minimum absolute atomic E-state index is 0.0414. The number of para-hydroxylation sites is 1. The third-order valence-electron chi connectivity index (χ3n) is 16.3. The highest BCUT2D eigenvalue weighted by Crippen LogP contribution is 2.52. The maximum absolute atomic E-state index is 14.6. The lowest BCUT2D eigenvalue weighted by Crippen LogP contribution is -2.59. The van der Waals surface area contributed by atoms with Crippen LogP contribution in [0.1, 0.15) is 126 Å². The van der Waals surface area contributed by atoms with Gasteiger partial charge in [-0.2, -0.15) is 5.10 Å². The van der Waals surface area contributed by atoms with E-state index in [0.717, 1.165) is 136 Å². The number of nitrogens with zero attached hydrogens (tertiary/aromatic N) is 7. The highest BCUT2D eigenvalue weighted by Gasteiger charge is 2.51. The van der Waals surface area contributed by atoms with Crippen molar-refractivity contribution in [2.75, 3.05) is 59.4 Å². The van der Waals surface area contributed by atoms with Crippen LogP contribution in [-0.2, 0) is 43.7 Å². The summed E-state index contributed by atoms with van der Waals surface area (Å²) in [6.07, 6.45) is 14.8. The lowest BCUT2D eigenvalue weighted by atomic mass is 9.89. The number of carbonyl (C=O) groups is 4. The zero-order valence-corrected chi connectivity index (χ0v) is 41.5. The molecule has 15 nitrogen and oxygen atoms in total. The first-order valence-corrected chi connectivity index (χ1v) is 26.1. The van der Waals surface area contributed by atoms with Gasteiger partial charge in [0.25, 0.3) is 5.56 Å². The van der Waals surface area contributed by atoms with E-state index in [1.54, 1.807) is 14.1 Å². The maximum Gasteiger partial charge on any atom is 0.318 e. The number of nitrogens with one attached hydrogen (secondary N) is 1. The number of piperazine rings is 1. The van der Waals surface area contributed by atoms with Crippen LogP contribution < -0.4 is 10.9 Å². The number of fused-ring (bicyclic) bond motifs is 2. The van der Waals surface area contributed by atoms with Gasteiger partial charge in [0.2, 0.25) is 5.91 Å². The van der Waals surface area contributed by atoms with E-state index in [0.29, 0.717) is 57.0 Å². The Hall–Kier alpha value is -5.28. The summed E-state index contributed by atoms with van der Waals surface area (Å²) in [6.45, 7) is 12.0. The summed E-state index contributed by atoms with van der Waals surface area (Å²) in [4.78, 5) is 78.1. The Bertz CT molecular complexity index is 2560. The molecule has 0 spiro atoms. The fraction of sp³-hybridized carbons (Fsp3) is 0.630. The molecule has 2 saturated carbocycles. The Morgan fingerprint density at radius 2 is 1.41 bits per heavy atom. The molecular weight excluding hydrogens is 873 g/mol. The molecule has 5 aliphatic rings. The number of rotatable bonds is 18. The molecule has 5 heterocycles. The monoisotopic (exact) mass is 947 g/mol. The number of ether oxygens (including phenoxy) is 2. The zero-order valence-electron chi connectivity index (χ0n) is 41.5. The largest absolute Gasteiger partial charge is 0.443 e. The molecule has 2 aromatic carbocycles. The third kappa shape index (κ3) is 10.9. The normalized spacial score (nSPS) is 20.2. The molecule has 3 amide bonds. The second-order valence-electron chi connectivity index (χ2n) is 21.2. The molecule has 3 aliphatic heterocycles. The van der Waals surface area contributed by atoms with Crippen LogP contribution in [0.15, 0.2) is 53.5 Å². The highest BCUT2D eigenvalue weighted by molar-refractivity contribution is 5.88. The zero-order chi connectivity index (χ0) is 48.3. The summed E-state index contributed by atoms with van der Waals surface area (Å²) in [5, 5.41) is 9.74. The standard InChI is InChI=1S/C54H74N8O7/c1-5-7-17-53(19-20-53)50(65)68-36-61-35-42-32-39(31-38(3)47(42)56-61)33-45(49(64)59-29-27-58(28-30-59)43-15-23-57(4)24-16-43)55-52(67)60-25-13-40(14-26-60)44-34-41-11-9-10-12-46(41)62(48(44)63)37-69-51(66)54(21-22-54)18-8-6-2/h9-12,31-32,34-35,40,43,45H,5-8,13-30,33,36-37H2,1-4H3,(H,55,67)/t45-/m1/s1. The molecule has 0 bridgehead atoms. The molecule has 1 atom stereocenters. The van der Waals surface area contributed by atoms with Crippen LogP contribution in [0, 0.1) is 17.8 Å². The minimum Gasteiger partial charge on any atom is -0.443 e. The summed E-state index contributed by atoms with van der Waals surface area (Å²) in [5.74, 6) is -0.541. The fourth-order valence-electron chi connectivity index (χ4n) is 11.3. The van der Waals surface area contributed by atoms with Crippen LogP contribution in [0.3, 0.4) is 0 Å². The number of esters is 2. The van der Waals surface area contributed by atoms with Crippen LogP contribution in [0.25, 0.3) is 21.8 Å². The van der Waals surface area contributed by atoms with E-state index in [9.17, 15) is 24.0 Å². The summed E-state index contributed by atoms with van der Waals surface area (Å²) >= 11 is 0. The second kappa shape index (κ2) is 21.0. The van der Waals surface area contributed by atoms with E-state index < -0.39 is 11.5 Å². The number of unbranched alkanes of at least 4 members (excludes halogenated alkanes) is 2. The Kier molecular flexibility index (Phi) is 14.8. The Morgan fingerprint density at radius 3 is 2.04 bits per heavy atom. The number of benzene rings is 2. The lowest BCUT2D eigenvalue weighted by molar-refractivity contribution is -0.155. The summed E-state index contributed by atoms with van der Waals surface area (Å²) in [6, 6.07) is 13.2. The van der Waals surface area contributed by atoms with Crippen molar-refractivity contribution < 1.29 is 28.7 Å². The molecule has 0 radical (unpaired) electrons. The first-order valence-electron chi connectivity index (χ1n) is 26.1. The Labute approximate surface area is 406 Å². The van der Waals surface area contributed by atoms with Gasteiger partial charge in [0.15, 0.2) is 13.5 Å². The number of carbonyl (C=O) groups excluding carboxylic acids is 4. The van der Waals surface area contributed by atoms with E-state index in [1.165, 1.54) is 0 Å². The predicted molar refractivity (Wildman–Crippen MR) is 265 cm³/mol. The number of hydrogen-bond donors (Lipinski definition) is 1. The summed E-state index contributed by atoms with van der Waals surface area (Å²) in [5.41, 5.74) is 3.12. The number of likely N-dealkylation sites (tertiary alicyclic amines) is 2. The fourth-order valence-corrected chi connectivity index (χ4v) is 11.3. The van der Waals surface area contributed by atoms with Crippen molar-refractivity contribution in [2.45, 2.75) is 149 Å². The molecular formula is C54H74N8O7. The molecule has 2 aliphatic carbocycles. The molecule has 4 aromatic rings. The smallest absolute Gasteiger partial charge is 0.318 e. The molecule has 0 unspecified atom stereocenters. The van der Waals surface area contributed by atoms with Crippen molar-refractivity contribution in [3.63, 3.8) is 0 Å². The molecule has 15 heteroatoms. The molecule has 372 valence electrons. The maximum atomic E-state index is 14.6. The van der Waals surface area contributed by atoms with E-state index in [4.69, 9.17) is 14.6 Å². The minimum atomic E-state index is -0.803. The number of urea groups is 1. The molecule has 1 N–H and O–H groups in total. The van der Waals surface area contributed by atoms with Gasteiger partial charge < -0.3 is 29.5 Å². The second-order valence-corrected chi connectivity index (χ2v) is 21.2. The Morgan fingerprint density at radius 1 is 0.768 bits per heavy atom. The number of piperidine rings is 2. The number of pyridine rings is 1. The molecule has 3 saturated heterocycles. The van der Waals surface area contributed by atoms with Crippen molar-refractivity contribution in [1.82, 2.24) is 39.3 Å². The van der Waals surface area contributed by atoms with Crippen molar-refractivity contribution in [3.8, 4) is 0 Å². The molecule has 2 aromatic heterocycles. The first-order chi connectivity index (χ1) is 33.4. The van der Waals surface area contributed by atoms with Gasteiger partial charge in [-0.3, -0.25) is 28.6 Å². The van der Waals surface area contributed by atoms with Crippen molar-refractivity contribution in [1.29, 1.82) is 0 Å². The van der Waals surface area contributed by atoms with E-state index in [-0.39, 0.29) is 54.2 Å². The quantitative estimate of drug-likeness (QED) is 0.100. The lowest BCUT2D eigenvalue weighted by Gasteiger charge is -2.43. The van der Waals surface area contributed by atoms with Gasteiger partial charge in [-0.15, -0.1) is 0 Å². The van der Waals surface area contributed by atoms with Gasteiger partial charge in [-0.05, 0) is 132 Å². The highest BCUT2D eigenvalue weighted by atomic mass is 16.5. The van der Waals surface area contributed by atoms with Crippen LogP contribution in [-0.4, -0.2) is 129 Å². The molecule has 5 fully saturated rings. The topological polar surface area (TPSA) is 152 Å². The van der Waals surface area contributed by atoms with E-state index in [1.807, 2.05) is 60.5 Å². The first kappa shape index (κ1) is 48.7. The predicted octanol–water partition coefficient (Wildman–Crippen LogP) is 7.34. The molecule has 9 rings (SSSR count). The van der Waals surface area contributed by atoms with E-state index >= 15 is 0 Å². The number of aromatic nitrogens is 3. The number of aryl methyl sites for hydroxylation is 1. The van der Waals surface area contributed by atoms with Crippen LogP contribution in [0.4, 0.5) is 4.79 Å². The van der Waals surface area contributed by atoms with Gasteiger partial charge in [0.05, 0.1) is 21.9 Å². The average Bonchev–Trinajstić information content (AvgIpc) is 4.30. The summed E-state index contributed by atoms with van der Waals surface area (Å²) < 4.78 is 14.9. The third-order valence-corrected chi connectivity index (χ3v) is 16.3. The molecule has 69 heavy (non-hydrogen) atoms.